The third-order valence-electron chi connectivity index (χ3n) is 3.91. The van der Waals surface area contributed by atoms with Crippen molar-refractivity contribution < 1.29 is 4.79 Å². The Hall–Kier alpha value is -2.02. The number of hydrogen-bond acceptors (Lipinski definition) is 4. The minimum Gasteiger partial charge on any atom is -0.353 e. The zero-order valence-electron chi connectivity index (χ0n) is 14.8. The van der Waals surface area contributed by atoms with Crippen molar-refractivity contribution in [3.8, 4) is 0 Å². The lowest BCUT2D eigenvalue weighted by Crippen LogP contribution is -2.34. The van der Waals surface area contributed by atoms with Gasteiger partial charge >= 0.3 is 5.69 Å². The molecule has 2 rings (SSSR count). The van der Waals surface area contributed by atoms with Crippen LogP contribution in [0.5, 0.6) is 0 Å². The summed E-state index contributed by atoms with van der Waals surface area (Å²) in [6.07, 6.45) is 3.74. The molecule has 1 aromatic heterocycles. The number of benzene rings is 1. The van der Waals surface area contributed by atoms with Gasteiger partial charge in [0, 0.05) is 12.6 Å². The lowest BCUT2D eigenvalue weighted by Gasteiger charge is -2.13. The highest BCUT2D eigenvalue weighted by atomic mass is 32.2. The third kappa shape index (κ3) is 6.42. The van der Waals surface area contributed by atoms with E-state index in [2.05, 4.69) is 34.6 Å². The van der Waals surface area contributed by atoms with E-state index in [4.69, 9.17) is 0 Å². The second-order valence-corrected chi connectivity index (χ2v) is 7.04. The third-order valence-corrected chi connectivity index (χ3v) is 4.88. The molecule has 0 bridgehead atoms. The highest BCUT2D eigenvalue weighted by Crippen LogP contribution is 2.13. The topological polar surface area (TPSA) is 79.8 Å². The Morgan fingerprint density at radius 1 is 1.36 bits per heavy atom. The van der Waals surface area contributed by atoms with Gasteiger partial charge in [-0.2, -0.15) is 0 Å². The minimum atomic E-state index is -0.215. The van der Waals surface area contributed by atoms with Gasteiger partial charge in [0.1, 0.15) is 0 Å². The maximum absolute atomic E-state index is 12.1. The van der Waals surface area contributed by atoms with Gasteiger partial charge in [0.25, 0.3) is 0 Å². The largest absolute Gasteiger partial charge is 0.353 e. The smallest absolute Gasteiger partial charge is 0.343 e. The van der Waals surface area contributed by atoms with Gasteiger partial charge in [-0.15, -0.1) is 5.10 Å². The van der Waals surface area contributed by atoms with Crippen molar-refractivity contribution >= 4 is 17.7 Å². The zero-order chi connectivity index (χ0) is 18.1. The molecule has 2 N–H and O–H groups in total. The first kappa shape index (κ1) is 19.3. The second kappa shape index (κ2) is 10.1. The number of hydrogen-bond donors (Lipinski definition) is 2. The molecule has 0 aliphatic heterocycles. The van der Waals surface area contributed by atoms with Crippen LogP contribution in [-0.2, 0) is 17.8 Å². The van der Waals surface area contributed by atoms with Crippen LogP contribution in [0.1, 0.15) is 38.7 Å². The molecule has 1 aromatic carbocycles. The van der Waals surface area contributed by atoms with E-state index in [1.807, 2.05) is 25.1 Å². The van der Waals surface area contributed by atoms with Gasteiger partial charge in [0.15, 0.2) is 5.16 Å². The molecule has 1 atom stereocenters. The number of thioether (sulfide) groups is 1. The SMILES string of the molecule is CCCCn1c(SCC(=O)NC(C)CCc2ccccc2)n[nH]c1=O. The molecule has 0 spiro atoms. The van der Waals surface area contributed by atoms with Crippen LogP contribution in [0.15, 0.2) is 40.3 Å². The number of aryl methyl sites for hydroxylation is 1. The molecule has 0 aliphatic carbocycles. The van der Waals surface area contributed by atoms with Gasteiger partial charge in [-0.1, -0.05) is 55.4 Å². The number of nitrogens with zero attached hydrogens (tertiary/aromatic N) is 2. The summed E-state index contributed by atoms with van der Waals surface area (Å²) >= 11 is 1.29. The van der Waals surface area contributed by atoms with E-state index in [-0.39, 0.29) is 23.4 Å². The van der Waals surface area contributed by atoms with Crippen molar-refractivity contribution in [2.75, 3.05) is 5.75 Å². The van der Waals surface area contributed by atoms with Gasteiger partial charge in [0.05, 0.1) is 5.75 Å². The molecule has 6 nitrogen and oxygen atoms in total. The second-order valence-electron chi connectivity index (χ2n) is 6.10. The Balaban J connectivity index is 1.76. The number of nitrogens with one attached hydrogen (secondary N) is 2. The molecule has 25 heavy (non-hydrogen) atoms. The molecule has 0 saturated heterocycles. The molecule has 1 unspecified atom stereocenters. The molecule has 1 heterocycles. The predicted octanol–water partition coefficient (Wildman–Crippen LogP) is 2.60. The summed E-state index contributed by atoms with van der Waals surface area (Å²) in [6, 6.07) is 10.3. The van der Waals surface area contributed by atoms with Crippen LogP contribution in [0.4, 0.5) is 0 Å². The number of amides is 1. The maximum atomic E-state index is 12.1. The summed E-state index contributed by atoms with van der Waals surface area (Å²) in [5.74, 6) is 0.217. The fourth-order valence-corrected chi connectivity index (χ4v) is 3.26. The van der Waals surface area contributed by atoms with Crippen molar-refractivity contribution in [1.29, 1.82) is 0 Å². The Labute approximate surface area is 152 Å². The van der Waals surface area contributed by atoms with Crippen LogP contribution < -0.4 is 11.0 Å². The van der Waals surface area contributed by atoms with E-state index in [9.17, 15) is 9.59 Å². The lowest BCUT2D eigenvalue weighted by molar-refractivity contribution is -0.119. The summed E-state index contributed by atoms with van der Waals surface area (Å²) in [5.41, 5.74) is 1.06. The standard InChI is InChI=1S/C18H26N4O2S/c1-3-4-12-22-17(24)20-21-18(22)25-13-16(23)19-14(2)10-11-15-8-6-5-7-9-15/h5-9,14H,3-4,10-13H2,1-2H3,(H,19,23)(H,20,24). The molecule has 1 amide bonds. The minimum absolute atomic E-state index is 0.0388. The summed E-state index contributed by atoms with van der Waals surface area (Å²) in [7, 11) is 0. The van der Waals surface area contributed by atoms with Crippen LogP contribution in [0.2, 0.25) is 0 Å². The summed E-state index contributed by atoms with van der Waals surface area (Å²) in [4.78, 5) is 23.8. The van der Waals surface area contributed by atoms with Gasteiger partial charge < -0.3 is 5.32 Å². The Kier molecular flexibility index (Phi) is 7.78. The molecule has 2 aromatic rings. The van der Waals surface area contributed by atoms with Crippen molar-refractivity contribution in [3.63, 3.8) is 0 Å². The molecule has 0 radical (unpaired) electrons. The van der Waals surface area contributed by atoms with Gasteiger partial charge in [-0.25, -0.2) is 9.89 Å². The molecular formula is C18H26N4O2S. The molecular weight excluding hydrogens is 336 g/mol. The van der Waals surface area contributed by atoms with Gasteiger partial charge in [-0.3, -0.25) is 9.36 Å². The fraction of sp³-hybridized carbons (Fsp3) is 0.500. The van der Waals surface area contributed by atoms with Crippen LogP contribution in [0.25, 0.3) is 0 Å². The predicted molar refractivity (Wildman–Crippen MR) is 101 cm³/mol. The van der Waals surface area contributed by atoms with E-state index >= 15 is 0 Å². The first-order valence-electron chi connectivity index (χ1n) is 8.71. The molecule has 0 fully saturated rings. The quantitative estimate of drug-likeness (QED) is 0.637. The Bertz CT molecular complexity index is 711. The van der Waals surface area contributed by atoms with Crippen LogP contribution in [0, 0.1) is 0 Å². The fourth-order valence-electron chi connectivity index (χ4n) is 2.47. The molecule has 136 valence electrons. The van der Waals surface area contributed by atoms with Crippen molar-refractivity contribution in [1.82, 2.24) is 20.1 Å². The Morgan fingerprint density at radius 2 is 2.12 bits per heavy atom. The lowest BCUT2D eigenvalue weighted by atomic mass is 10.1. The molecule has 0 aliphatic rings. The van der Waals surface area contributed by atoms with Crippen molar-refractivity contribution in [2.24, 2.45) is 0 Å². The van der Waals surface area contributed by atoms with Gasteiger partial charge in [-0.05, 0) is 31.7 Å². The number of unbranched alkanes of at least 4 members (excludes halogenated alkanes) is 1. The first-order valence-corrected chi connectivity index (χ1v) is 9.70. The normalized spacial score (nSPS) is 12.1. The Morgan fingerprint density at radius 3 is 2.84 bits per heavy atom. The van der Waals surface area contributed by atoms with Crippen LogP contribution >= 0.6 is 11.8 Å². The summed E-state index contributed by atoms with van der Waals surface area (Å²) in [6.45, 7) is 4.71. The zero-order valence-corrected chi connectivity index (χ0v) is 15.6. The monoisotopic (exact) mass is 362 g/mol. The highest BCUT2D eigenvalue weighted by molar-refractivity contribution is 7.99. The average Bonchev–Trinajstić information content (AvgIpc) is 2.97. The number of carbonyl (C=O) groups excluding carboxylic acids is 1. The average molecular weight is 362 g/mol. The number of aromatic amines is 1. The molecule has 7 heteroatoms. The molecule has 0 saturated carbocycles. The van der Waals surface area contributed by atoms with Crippen molar-refractivity contribution in [2.45, 2.75) is 57.3 Å². The number of aromatic nitrogens is 3. The summed E-state index contributed by atoms with van der Waals surface area (Å²) < 4.78 is 1.60. The first-order chi connectivity index (χ1) is 12.1. The maximum Gasteiger partial charge on any atom is 0.343 e. The number of rotatable bonds is 10. The van der Waals surface area contributed by atoms with Crippen molar-refractivity contribution in [3.05, 3.63) is 46.4 Å². The van der Waals surface area contributed by atoms with E-state index in [1.54, 1.807) is 4.57 Å². The van der Waals surface area contributed by atoms with E-state index in [1.165, 1.54) is 17.3 Å². The van der Waals surface area contributed by atoms with E-state index < -0.39 is 0 Å². The van der Waals surface area contributed by atoms with Crippen LogP contribution in [-0.4, -0.2) is 32.5 Å². The summed E-state index contributed by atoms with van der Waals surface area (Å²) in [5, 5.41) is 10.0. The van der Waals surface area contributed by atoms with Gasteiger partial charge in [0.2, 0.25) is 5.91 Å². The van der Waals surface area contributed by atoms with Crippen LogP contribution in [0.3, 0.4) is 0 Å². The number of carbonyl (C=O) groups is 1. The number of H-pyrrole nitrogens is 1. The van der Waals surface area contributed by atoms with E-state index in [0.29, 0.717) is 11.7 Å². The highest BCUT2D eigenvalue weighted by Gasteiger charge is 2.12. The van der Waals surface area contributed by atoms with E-state index in [0.717, 1.165) is 25.7 Å².